The molecule has 4 aromatic rings. The lowest BCUT2D eigenvalue weighted by Gasteiger charge is -2.35. The van der Waals surface area contributed by atoms with Gasteiger partial charge in [0.2, 0.25) is 23.6 Å². The van der Waals surface area contributed by atoms with Gasteiger partial charge >= 0.3 is 6.09 Å². The number of benzene rings is 3. The van der Waals surface area contributed by atoms with Crippen molar-refractivity contribution in [3.8, 4) is 21.6 Å². The second-order valence-electron chi connectivity index (χ2n) is 18.3. The minimum atomic E-state index is -0.958. The number of hydrogen-bond acceptors (Lipinski definition) is 10. The molecule has 1 aromatic heterocycles. The van der Waals surface area contributed by atoms with Gasteiger partial charge in [0.25, 0.3) is 0 Å². The number of amides is 5. The lowest BCUT2D eigenvalue weighted by Crippen LogP contribution is -2.58. The van der Waals surface area contributed by atoms with Gasteiger partial charge in [-0.15, -0.1) is 11.3 Å². The molecule has 1 aliphatic rings. The van der Waals surface area contributed by atoms with Crippen LogP contribution in [-0.4, -0.2) is 87.2 Å². The highest BCUT2D eigenvalue weighted by atomic mass is 32.1. The van der Waals surface area contributed by atoms with Gasteiger partial charge in [-0.25, -0.2) is 9.78 Å². The highest BCUT2D eigenvalue weighted by Gasteiger charge is 2.44. The van der Waals surface area contributed by atoms with Gasteiger partial charge in [0.15, 0.2) is 0 Å². The molecule has 1 fully saturated rings. The number of aromatic nitrogens is 1. The van der Waals surface area contributed by atoms with E-state index in [1.165, 1.54) is 4.90 Å². The van der Waals surface area contributed by atoms with Crippen molar-refractivity contribution in [1.82, 2.24) is 25.8 Å². The van der Waals surface area contributed by atoms with E-state index in [1.807, 2.05) is 113 Å². The van der Waals surface area contributed by atoms with Gasteiger partial charge in [-0.1, -0.05) is 93.6 Å². The van der Waals surface area contributed by atoms with Crippen molar-refractivity contribution < 1.29 is 38.6 Å². The van der Waals surface area contributed by atoms with Crippen LogP contribution in [0.5, 0.6) is 0 Å². The number of aliphatic hydroxyl groups is 1. The molecule has 338 valence electrons. The summed E-state index contributed by atoms with van der Waals surface area (Å²) in [6, 6.07) is 20.9. The molecule has 14 nitrogen and oxygen atoms in total. The molecule has 0 spiro atoms. The van der Waals surface area contributed by atoms with E-state index < -0.39 is 59.3 Å². The maximum Gasteiger partial charge on any atom is 0.407 e. The second-order valence-corrected chi connectivity index (χ2v) is 19.1. The van der Waals surface area contributed by atoms with E-state index in [9.17, 15) is 29.1 Å². The number of aryl methyl sites for hydroxylation is 1. The number of thiazole rings is 1. The van der Waals surface area contributed by atoms with Crippen molar-refractivity contribution in [3.63, 3.8) is 0 Å². The fourth-order valence-electron chi connectivity index (χ4n) is 7.36. The third-order valence-electron chi connectivity index (χ3n) is 10.8. The van der Waals surface area contributed by atoms with E-state index in [2.05, 4.69) is 20.9 Å². The zero-order valence-electron chi connectivity index (χ0n) is 37.5. The molecule has 1 aliphatic heterocycles. The Morgan fingerprint density at radius 3 is 2.19 bits per heavy atom. The predicted molar refractivity (Wildman–Crippen MR) is 243 cm³/mol. The number of nitrogens with two attached hydrogens (primary N) is 1. The minimum Gasteiger partial charge on any atom is -0.444 e. The van der Waals surface area contributed by atoms with Crippen molar-refractivity contribution in [1.29, 1.82) is 0 Å². The summed E-state index contributed by atoms with van der Waals surface area (Å²) in [5, 5.41) is 19.3. The van der Waals surface area contributed by atoms with Gasteiger partial charge in [0.05, 0.1) is 47.4 Å². The van der Waals surface area contributed by atoms with Crippen LogP contribution in [0.15, 0.2) is 78.3 Å². The first-order valence-corrected chi connectivity index (χ1v) is 22.2. The predicted octanol–water partition coefficient (Wildman–Crippen LogP) is 6.20. The standard InChI is InChI=1S/C48H62N6O8S/c1-29-42(63-28-51-29)35-18-12-31(13-19-35)25-50-44(58)39-24-37(55)26-54(39)45(59)43(47(3,4)5)53-41(57)23-33-10-9-11-36(22-33)34-16-14-32(15-17-34)27-61-30(2)38(20-21-40(49)56)52-46(60)62-48(6,7)8/h9-19,22,28,30,37-39,43,55H,20-21,23-27H2,1-8H3,(H2,49,56)(H,50,58)(H,52,60)(H,53,57)/t30-,37-,38+,39+,43-/m1/s1. The summed E-state index contributed by atoms with van der Waals surface area (Å²) < 4.78 is 11.5. The Morgan fingerprint density at radius 2 is 1.57 bits per heavy atom. The van der Waals surface area contributed by atoms with E-state index in [0.29, 0.717) is 6.42 Å². The molecule has 0 aliphatic carbocycles. The first-order valence-electron chi connectivity index (χ1n) is 21.3. The van der Waals surface area contributed by atoms with E-state index >= 15 is 0 Å². The van der Waals surface area contributed by atoms with Crippen molar-refractivity contribution in [2.45, 2.75) is 130 Å². The number of aliphatic hydroxyl groups excluding tert-OH is 1. The van der Waals surface area contributed by atoms with Crippen LogP contribution in [0.2, 0.25) is 0 Å². The minimum absolute atomic E-state index is 0.0135. The van der Waals surface area contributed by atoms with Crippen LogP contribution in [0.1, 0.15) is 90.1 Å². The van der Waals surface area contributed by atoms with Crippen LogP contribution >= 0.6 is 11.3 Å². The molecular formula is C48H62N6O8S. The lowest BCUT2D eigenvalue weighted by atomic mass is 9.85. The van der Waals surface area contributed by atoms with Crippen LogP contribution in [0.3, 0.4) is 0 Å². The molecule has 0 radical (unpaired) electrons. The smallest absolute Gasteiger partial charge is 0.407 e. The first kappa shape index (κ1) is 48.4. The van der Waals surface area contributed by atoms with Gasteiger partial charge in [0.1, 0.15) is 17.7 Å². The third-order valence-corrected chi connectivity index (χ3v) is 11.8. The van der Waals surface area contributed by atoms with Crippen LogP contribution < -0.4 is 21.7 Å². The van der Waals surface area contributed by atoms with Crippen molar-refractivity contribution in [2.75, 3.05) is 6.54 Å². The molecule has 0 saturated carbocycles. The van der Waals surface area contributed by atoms with Crippen LogP contribution in [0.4, 0.5) is 4.79 Å². The number of nitrogens with one attached hydrogen (secondary N) is 3. The quantitative estimate of drug-likeness (QED) is 0.0819. The summed E-state index contributed by atoms with van der Waals surface area (Å²) in [6.45, 7) is 15.1. The van der Waals surface area contributed by atoms with Crippen molar-refractivity contribution in [2.24, 2.45) is 11.1 Å². The van der Waals surface area contributed by atoms with Gasteiger partial charge in [-0.05, 0) is 79.8 Å². The lowest BCUT2D eigenvalue weighted by molar-refractivity contribution is -0.144. The van der Waals surface area contributed by atoms with Crippen molar-refractivity contribution in [3.05, 3.63) is 101 Å². The molecule has 5 amide bonds. The van der Waals surface area contributed by atoms with E-state index in [-0.39, 0.29) is 50.8 Å². The molecule has 3 aromatic carbocycles. The summed E-state index contributed by atoms with van der Waals surface area (Å²) in [7, 11) is 0. The number of nitrogens with zero attached hydrogens (tertiary/aromatic N) is 2. The fourth-order valence-corrected chi connectivity index (χ4v) is 8.17. The maximum atomic E-state index is 14.2. The Bertz CT molecular complexity index is 2210. The molecule has 15 heteroatoms. The van der Waals surface area contributed by atoms with Gasteiger partial charge < -0.3 is 41.2 Å². The molecule has 0 unspecified atom stereocenters. The van der Waals surface area contributed by atoms with Crippen molar-refractivity contribution >= 4 is 41.1 Å². The molecule has 6 N–H and O–H groups in total. The number of alkyl carbamates (subject to hydrolysis) is 1. The Hall–Kier alpha value is -5.64. The van der Waals surface area contributed by atoms with E-state index in [1.54, 1.807) is 32.1 Å². The monoisotopic (exact) mass is 882 g/mol. The number of ether oxygens (including phenoxy) is 2. The van der Waals surface area contributed by atoms with Gasteiger partial charge in [-0.3, -0.25) is 19.2 Å². The van der Waals surface area contributed by atoms with Crippen LogP contribution in [0.25, 0.3) is 21.6 Å². The highest BCUT2D eigenvalue weighted by molar-refractivity contribution is 7.13. The van der Waals surface area contributed by atoms with Crippen LogP contribution in [-0.2, 0) is 48.2 Å². The number of hydrogen-bond donors (Lipinski definition) is 5. The Morgan fingerprint density at radius 1 is 0.905 bits per heavy atom. The molecule has 5 rings (SSSR count). The van der Waals surface area contributed by atoms with E-state index in [4.69, 9.17) is 15.2 Å². The molecule has 0 bridgehead atoms. The Labute approximate surface area is 374 Å². The average Bonchev–Trinajstić information content (AvgIpc) is 3.83. The number of primary amides is 1. The summed E-state index contributed by atoms with van der Waals surface area (Å²) >= 11 is 1.57. The number of carbonyl (C=O) groups excluding carboxylic acids is 5. The van der Waals surface area contributed by atoms with Gasteiger partial charge in [0, 0.05) is 25.9 Å². The second kappa shape index (κ2) is 21.2. The summed E-state index contributed by atoms with van der Waals surface area (Å²) in [5.74, 6) is -1.62. The molecule has 2 heterocycles. The Kier molecular flexibility index (Phi) is 16.2. The van der Waals surface area contributed by atoms with E-state index in [0.717, 1.165) is 44.0 Å². The zero-order valence-corrected chi connectivity index (χ0v) is 38.3. The fraction of sp³-hybridized carbons (Fsp3) is 0.458. The molecule has 5 atom stereocenters. The zero-order chi connectivity index (χ0) is 46.1. The Balaban J connectivity index is 1.17. The van der Waals surface area contributed by atoms with Crippen LogP contribution in [0, 0.1) is 12.3 Å². The first-order chi connectivity index (χ1) is 29.7. The average molecular weight is 883 g/mol. The summed E-state index contributed by atoms with van der Waals surface area (Å²) in [6.07, 6.45) is -1.45. The number of rotatable bonds is 17. The highest BCUT2D eigenvalue weighted by Crippen LogP contribution is 2.29. The number of carbonyl (C=O) groups is 5. The summed E-state index contributed by atoms with van der Waals surface area (Å²) in [5.41, 5.74) is 12.1. The summed E-state index contributed by atoms with van der Waals surface area (Å²) in [4.78, 5) is 72.1. The van der Waals surface area contributed by atoms with Gasteiger partial charge in [-0.2, -0.15) is 0 Å². The topological polar surface area (TPSA) is 202 Å². The maximum absolute atomic E-state index is 14.2. The molecular weight excluding hydrogens is 821 g/mol. The molecule has 63 heavy (non-hydrogen) atoms. The largest absolute Gasteiger partial charge is 0.444 e. The SMILES string of the molecule is Cc1ncsc1-c1ccc(CNC(=O)[C@@H]2C[C@@H](O)CN2C(=O)[C@@H](NC(=O)Cc2cccc(-c3ccc(CO[C@H](C)[C@H](CCC(N)=O)NC(=O)OC(C)(C)C)cc3)c2)C(C)(C)C)cc1. The third kappa shape index (κ3) is 14.2. The normalized spacial score (nSPS) is 16.7. The number of likely N-dealkylation sites (tertiary alicyclic amines) is 1. The molecule has 1 saturated heterocycles. The number of β-amino-alcohol motifs (C(OH)–C–C–N with tert-alkyl or cyclic N) is 1.